The van der Waals surface area contributed by atoms with Crippen LogP contribution in [0.4, 0.5) is 0 Å². The molecule has 0 amide bonds. The molecule has 1 aromatic rings. The summed E-state index contributed by atoms with van der Waals surface area (Å²) in [4.78, 5) is 0. The Morgan fingerprint density at radius 1 is 1.43 bits per heavy atom. The number of hydrogen-bond donors (Lipinski definition) is 1. The van der Waals surface area contributed by atoms with Crippen LogP contribution in [0.1, 0.15) is 23.5 Å². The van der Waals surface area contributed by atoms with E-state index in [0.717, 1.165) is 25.3 Å². The second-order valence-corrected chi connectivity index (χ2v) is 4.27. The molecule has 1 aromatic carbocycles. The first kappa shape index (κ1) is 8.30. The summed E-state index contributed by atoms with van der Waals surface area (Å²) >= 11 is 0. The van der Waals surface area contributed by atoms with E-state index < -0.39 is 0 Å². The van der Waals surface area contributed by atoms with Crippen molar-refractivity contribution in [2.45, 2.75) is 18.8 Å². The summed E-state index contributed by atoms with van der Waals surface area (Å²) in [7, 11) is 0. The predicted octanol–water partition coefficient (Wildman–Crippen LogP) is 1.68. The molecule has 1 saturated carbocycles. The summed E-state index contributed by atoms with van der Waals surface area (Å²) in [6.45, 7) is 1.67. The van der Waals surface area contributed by atoms with Gasteiger partial charge in [-0.1, -0.05) is 18.2 Å². The Kier molecular flexibility index (Phi) is 1.77. The van der Waals surface area contributed by atoms with Crippen LogP contribution in [0.5, 0.6) is 5.75 Å². The molecule has 0 spiro atoms. The molecular weight excluding hydrogens is 174 g/mol. The van der Waals surface area contributed by atoms with Crippen LogP contribution in [0.2, 0.25) is 0 Å². The van der Waals surface area contributed by atoms with E-state index in [1.807, 2.05) is 0 Å². The van der Waals surface area contributed by atoms with E-state index in [-0.39, 0.29) is 0 Å². The Morgan fingerprint density at radius 2 is 2.36 bits per heavy atom. The second-order valence-electron chi connectivity index (χ2n) is 4.27. The van der Waals surface area contributed by atoms with Gasteiger partial charge in [0.05, 0.1) is 6.61 Å². The van der Waals surface area contributed by atoms with Crippen molar-refractivity contribution in [2.24, 2.45) is 11.7 Å². The van der Waals surface area contributed by atoms with Crippen LogP contribution < -0.4 is 10.5 Å². The largest absolute Gasteiger partial charge is 0.493 e. The lowest BCUT2D eigenvalue weighted by Crippen LogP contribution is -2.02. The molecule has 0 radical (unpaired) electrons. The highest BCUT2D eigenvalue weighted by molar-refractivity contribution is 5.47. The molecule has 1 aliphatic heterocycles. The summed E-state index contributed by atoms with van der Waals surface area (Å²) in [6.07, 6.45) is 2.32. The highest BCUT2D eigenvalue weighted by Crippen LogP contribution is 2.51. The molecule has 14 heavy (non-hydrogen) atoms. The van der Waals surface area contributed by atoms with Crippen LogP contribution in [0.15, 0.2) is 18.2 Å². The fourth-order valence-corrected chi connectivity index (χ4v) is 2.42. The van der Waals surface area contributed by atoms with Crippen LogP contribution >= 0.6 is 0 Å². The number of ether oxygens (including phenoxy) is 1. The van der Waals surface area contributed by atoms with E-state index in [1.165, 1.54) is 17.5 Å². The molecule has 0 unspecified atom stereocenters. The molecule has 3 rings (SSSR count). The highest BCUT2D eigenvalue weighted by atomic mass is 16.5. The minimum absolute atomic E-state index is 0.674. The molecule has 2 aliphatic rings. The van der Waals surface area contributed by atoms with Gasteiger partial charge in [-0.25, -0.2) is 0 Å². The lowest BCUT2D eigenvalue weighted by Gasteiger charge is -2.06. The zero-order valence-electron chi connectivity index (χ0n) is 8.20. The zero-order valence-corrected chi connectivity index (χ0v) is 8.20. The van der Waals surface area contributed by atoms with Crippen LogP contribution in [0, 0.1) is 5.92 Å². The number of hydrogen-bond acceptors (Lipinski definition) is 2. The summed E-state index contributed by atoms with van der Waals surface area (Å²) in [5.41, 5.74) is 8.44. The SMILES string of the molecule is NC[C@@H]1C[C@H]1c1cccc2c1OCC2. The van der Waals surface area contributed by atoms with Crippen LogP contribution in [0.25, 0.3) is 0 Å². The molecule has 0 saturated heterocycles. The Morgan fingerprint density at radius 3 is 3.14 bits per heavy atom. The second kappa shape index (κ2) is 2.99. The van der Waals surface area contributed by atoms with Gasteiger partial charge in [0.1, 0.15) is 5.75 Å². The van der Waals surface area contributed by atoms with E-state index in [9.17, 15) is 0 Å². The third kappa shape index (κ3) is 1.14. The van der Waals surface area contributed by atoms with Gasteiger partial charge in [0.15, 0.2) is 0 Å². The van der Waals surface area contributed by atoms with Gasteiger partial charge in [-0.3, -0.25) is 0 Å². The Labute approximate surface area is 84.1 Å². The summed E-state index contributed by atoms with van der Waals surface area (Å²) in [6, 6.07) is 6.52. The Hall–Kier alpha value is -1.02. The summed E-state index contributed by atoms with van der Waals surface area (Å²) in [5, 5.41) is 0. The van der Waals surface area contributed by atoms with Gasteiger partial charge in [0.25, 0.3) is 0 Å². The van der Waals surface area contributed by atoms with Gasteiger partial charge in [0, 0.05) is 6.42 Å². The van der Waals surface area contributed by atoms with Crippen molar-refractivity contribution in [3.63, 3.8) is 0 Å². The maximum absolute atomic E-state index is 5.68. The van der Waals surface area contributed by atoms with Crippen molar-refractivity contribution in [1.29, 1.82) is 0 Å². The van der Waals surface area contributed by atoms with Gasteiger partial charge < -0.3 is 10.5 Å². The van der Waals surface area contributed by atoms with Crippen molar-refractivity contribution in [2.75, 3.05) is 13.2 Å². The fraction of sp³-hybridized carbons (Fsp3) is 0.500. The van der Waals surface area contributed by atoms with Crippen molar-refractivity contribution >= 4 is 0 Å². The monoisotopic (exact) mass is 189 g/mol. The minimum Gasteiger partial charge on any atom is -0.493 e. The molecule has 2 nitrogen and oxygen atoms in total. The fourth-order valence-electron chi connectivity index (χ4n) is 2.42. The maximum Gasteiger partial charge on any atom is 0.126 e. The van der Waals surface area contributed by atoms with Crippen molar-refractivity contribution < 1.29 is 4.74 Å². The average Bonchev–Trinajstić information content (AvgIpc) is 2.85. The topological polar surface area (TPSA) is 35.2 Å². The third-order valence-corrected chi connectivity index (χ3v) is 3.37. The Balaban J connectivity index is 1.95. The standard InChI is InChI=1S/C12H15NO/c13-7-9-6-11(9)10-3-1-2-8-4-5-14-12(8)10/h1-3,9,11H,4-7,13H2/t9-,11+/m0/s1. The van der Waals surface area contributed by atoms with Crippen molar-refractivity contribution in [3.8, 4) is 5.75 Å². The van der Waals surface area contributed by atoms with Crippen LogP contribution in [0.3, 0.4) is 0 Å². The van der Waals surface area contributed by atoms with E-state index in [0.29, 0.717) is 11.8 Å². The van der Waals surface area contributed by atoms with E-state index in [2.05, 4.69) is 18.2 Å². The normalized spacial score (nSPS) is 28.4. The van der Waals surface area contributed by atoms with E-state index in [1.54, 1.807) is 0 Å². The summed E-state index contributed by atoms with van der Waals surface area (Å²) in [5.74, 6) is 2.53. The van der Waals surface area contributed by atoms with E-state index in [4.69, 9.17) is 10.5 Å². The third-order valence-electron chi connectivity index (χ3n) is 3.37. The Bertz CT molecular complexity index is 361. The van der Waals surface area contributed by atoms with Gasteiger partial charge in [0.2, 0.25) is 0 Å². The molecule has 2 heteroatoms. The quantitative estimate of drug-likeness (QED) is 0.768. The molecule has 2 atom stereocenters. The molecule has 1 heterocycles. The smallest absolute Gasteiger partial charge is 0.126 e. The number of rotatable bonds is 2. The molecule has 1 aliphatic carbocycles. The highest BCUT2D eigenvalue weighted by Gasteiger charge is 2.39. The molecule has 0 aromatic heterocycles. The van der Waals surface area contributed by atoms with E-state index >= 15 is 0 Å². The average molecular weight is 189 g/mol. The molecule has 74 valence electrons. The van der Waals surface area contributed by atoms with Crippen molar-refractivity contribution in [3.05, 3.63) is 29.3 Å². The number of para-hydroxylation sites is 1. The molecule has 2 N–H and O–H groups in total. The minimum atomic E-state index is 0.674. The summed E-state index contributed by atoms with van der Waals surface area (Å²) < 4.78 is 5.68. The number of fused-ring (bicyclic) bond motifs is 1. The predicted molar refractivity (Wildman–Crippen MR) is 55.5 cm³/mol. The molecule has 0 bridgehead atoms. The lowest BCUT2D eigenvalue weighted by molar-refractivity contribution is 0.353. The van der Waals surface area contributed by atoms with Crippen LogP contribution in [-0.4, -0.2) is 13.2 Å². The number of nitrogens with two attached hydrogens (primary N) is 1. The molecule has 1 fully saturated rings. The lowest BCUT2D eigenvalue weighted by atomic mass is 10.0. The zero-order chi connectivity index (χ0) is 9.54. The first-order valence-corrected chi connectivity index (χ1v) is 5.35. The van der Waals surface area contributed by atoms with Gasteiger partial charge in [-0.15, -0.1) is 0 Å². The number of benzene rings is 1. The molecular formula is C12H15NO. The first-order valence-electron chi connectivity index (χ1n) is 5.35. The van der Waals surface area contributed by atoms with Gasteiger partial charge in [-0.05, 0) is 35.9 Å². The first-order chi connectivity index (χ1) is 6.90. The van der Waals surface area contributed by atoms with Crippen LogP contribution in [-0.2, 0) is 6.42 Å². The van der Waals surface area contributed by atoms with Gasteiger partial charge in [-0.2, -0.15) is 0 Å². The van der Waals surface area contributed by atoms with Gasteiger partial charge >= 0.3 is 0 Å². The maximum atomic E-state index is 5.68. The van der Waals surface area contributed by atoms with Crippen molar-refractivity contribution in [1.82, 2.24) is 0 Å².